The number of Topliss-reactive ketones (excluding diaryl/α,β-unsaturated/α-hetero) is 1. The number of hydrogen-bond donors (Lipinski definition) is 0. The van der Waals surface area contributed by atoms with E-state index in [4.69, 9.17) is 4.74 Å². The van der Waals surface area contributed by atoms with E-state index < -0.39 is 0 Å². The molecule has 5 heteroatoms. The van der Waals surface area contributed by atoms with Crippen LogP contribution < -0.4 is 4.74 Å². The first-order valence-electron chi connectivity index (χ1n) is 6.69. The largest absolute Gasteiger partial charge is 0.497 e. The van der Waals surface area contributed by atoms with Crippen molar-refractivity contribution in [3.05, 3.63) is 29.8 Å². The highest BCUT2D eigenvalue weighted by atomic mass is 16.5. The summed E-state index contributed by atoms with van der Waals surface area (Å²) in [6.45, 7) is 3.55. The molecule has 0 saturated carbocycles. The van der Waals surface area contributed by atoms with Gasteiger partial charge in [0, 0.05) is 25.7 Å². The fraction of sp³-hybridized carbons (Fsp3) is 0.467. The monoisotopic (exact) mass is 276 g/mol. The normalized spacial score (nSPS) is 17.9. The minimum Gasteiger partial charge on any atom is -0.497 e. The number of hydrogen-bond acceptors (Lipinski definition) is 4. The molecule has 0 radical (unpaired) electrons. The average molecular weight is 276 g/mol. The van der Waals surface area contributed by atoms with Gasteiger partial charge in [-0.1, -0.05) is 0 Å². The Hall–Kier alpha value is -1.88. The molecule has 5 nitrogen and oxygen atoms in total. The zero-order valence-electron chi connectivity index (χ0n) is 12.1. The Balaban J connectivity index is 2.06. The number of rotatable bonds is 4. The van der Waals surface area contributed by atoms with Gasteiger partial charge >= 0.3 is 0 Å². The molecule has 1 amide bonds. The summed E-state index contributed by atoms with van der Waals surface area (Å²) in [6, 6.07) is 6.77. The van der Waals surface area contributed by atoms with Crippen LogP contribution in [0.1, 0.15) is 17.3 Å². The van der Waals surface area contributed by atoms with E-state index in [1.54, 1.807) is 43.3 Å². The molecular weight excluding hydrogens is 256 g/mol. The second-order valence-electron chi connectivity index (χ2n) is 5.05. The summed E-state index contributed by atoms with van der Waals surface area (Å²) in [5.41, 5.74) is 0.643. The number of ketones is 1. The zero-order valence-corrected chi connectivity index (χ0v) is 12.1. The molecule has 0 N–H and O–H groups in total. The lowest BCUT2D eigenvalue weighted by molar-refractivity contribution is -0.134. The molecule has 1 saturated heterocycles. The van der Waals surface area contributed by atoms with Gasteiger partial charge in [0.1, 0.15) is 5.75 Å². The van der Waals surface area contributed by atoms with Gasteiger partial charge in [-0.2, -0.15) is 0 Å². The number of benzene rings is 1. The van der Waals surface area contributed by atoms with Crippen LogP contribution >= 0.6 is 0 Å². The predicted octanol–water partition coefficient (Wildman–Crippen LogP) is 1.04. The molecule has 20 heavy (non-hydrogen) atoms. The highest BCUT2D eigenvalue weighted by Gasteiger charge is 2.28. The maximum atomic E-state index is 12.4. The second-order valence-corrected chi connectivity index (χ2v) is 5.05. The highest BCUT2D eigenvalue weighted by Crippen LogP contribution is 2.15. The molecule has 1 aliphatic rings. The number of methoxy groups -OCH3 is 1. The summed E-state index contributed by atoms with van der Waals surface area (Å²) in [5.74, 6) is 0.819. The molecular formula is C15H20N2O3. The fourth-order valence-corrected chi connectivity index (χ4v) is 2.27. The third kappa shape index (κ3) is 2.99. The maximum Gasteiger partial charge on any atom is 0.236 e. The number of nitrogens with zero attached hydrogens (tertiary/aromatic N) is 2. The molecule has 1 aromatic rings. The van der Waals surface area contributed by atoms with Crippen LogP contribution in [0, 0.1) is 0 Å². The van der Waals surface area contributed by atoms with E-state index in [0.717, 1.165) is 12.3 Å². The Kier molecular flexibility index (Phi) is 4.39. The third-order valence-electron chi connectivity index (χ3n) is 3.79. The number of likely N-dealkylation sites (N-methyl/N-ethyl adjacent to an activating group) is 1. The molecule has 1 aliphatic heterocycles. The summed E-state index contributed by atoms with van der Waals surface area (Å²) in [7, 11) is 3.38. The van der Waals surface area contributed by atoms with E-state index in [9.17, 15) is 9.59 Å². The molecule has 2 rings (SSSR count). The summed E-state index contributed by atoms with van der Waals surface area (Å²) in [6.07, 6.45) is 0. The lowest BCUT2D eigenvalue weighted by Gasteiger charge is -2.35. The second kappa shape index (κ2) is 6.05. The van der Waals surface area contributed by atoms with Crippen LogP contribution in [0.3, 0.4) is 0 Å². The molecule has 0 aromatic heterocycles. The van der Waals surface area contributed by atoms with Crippen LogP contribution in [-0.4, -0.2) is 61.3 Å². The van der Waals surface area contributed by atoms with Gasteiger partial charge in [0.2, 0.25) is 5.91 Å². The topological polar surface area (TPSA) is 49.9 Å². The number of amides is 1. The molecule has 0 aliphatic carbocycles. The number of carbonyl (C=O) groups is 2. The van der Waals surface area contributed by atoms with Crippen molar-refractivity contribution in [1.29, 1.82) is 0 Å². The van der Waals surface area contributed by atoms with Crippen LogP contribution in [0.15, 0.2) is 24.3 Å². The first kappa shape index (κ1) is 14.5. The van der Waals surface area contributed by atoms with E-state index in [-0.39, 0.29) is 17.7 Å². The lowest BCUT2D eigenvalue weighted by atomic mass is 10.0. The van der Waals surface area contributed by atoms with Crippen molar-refractivity contribution in [1.82, 2.24) is 9.80 Å². The van der Waals surface area contributed by atoms with Crippen molar-refractivity contribution in [2.75, 3.05) is 33.8 Å². The predicted molar refractivity (Wildman–Crippen MR) is 76.0 cm³/mol. The SMILES string of the molecule is COc1ccc(C(=O)C(C)N2CCN(C)C(=O)C2)cc1. The van der Waals surface area contributed by atoms with Crippen molar-refractivity contribution in [2.45, 2.75) is 13.0 Å². The summed E-state index contributed by atoms with van der Waals surface area (Å²) >= 11 is 0. The average Bonchev–Trinajstić information content (AvgIpc) is 2.48. The first-order chi connectivity index (χ1) is 9.52. The number of carbonyl (C=O) groups excluding carboxylic acids is 2. The molecule has 108 valence electrons. The van der Waals surface area contributed by atoms with Crippen LogP contribution in [0.5, 0.6) is 5.75 Å². The Morgan fingerprint density at radius 3 is 2.45 bits per heavy atom. The van der Waals surface area contributed by atoms with Crippen LogP contribution in [-0.2, 0) is 4.79 Å². The maximum absolute atomic E-state index is 12.4. The van der Waals surface area contributed by atoms with E-state index in [0.29, 0.717) is 18.7 Å². The number of piperazine rings is 1. The van der Waals surface area contributed by atoms with Gasteiger partial charge in [0.25, 0.3) is 0 Å². The molecule has 1 heterocycles. The van der Waals surface area contributed by atoms with Crippen molar-refractivity contribution < 1.29 is 14.3 Å². The standard InChI is InChI=1S/C15H20N2O3/c1-11(17-9-8-16(2)14(18)10-17)15(19)12-4-6-13(20-3)7-5-12/h4-7,11H,8-10H2,1-3H3. The highest BCUT2D eigenvalue weighted by molar-refractivity contribution is 6.00. The Morgan fingerprint density at radius 2 is 1.90 bits per heavy atom. The molecule has 1 atom stereocenters. The van der Waals surface area contributed by atoms with Gasteiger partial charge < -0.3 is 9.64 Å². The Labute approximate surface area is 119 Å². The smallest absolute Gasteiger partial charge is 0.236 e. The minimum absolute atomic E-state index is 0.0324. The molecule has 0 spiro atoms. The van der Waals surface area contributed by atoms with Gasteiger partial charge in [-0.15, -0.1) is 0 Å². The summed E-state index contributed by atoms with van der Waals surface area (Å²) in [5, 5.41) is 0. The van der Waals surface area contributed by atoms with Crippen molar-refractivity contribution in [2.24, 2.45) is 0 Å². The first-order valence-corrected chi connectivity index (χ1v) is 6.69. The van der Waals surface area contributed by atoms with Gasteiger partial charge in [0.15, 0.2) is 5.78 Å². The number of ether oxygens (including phenoxy) is 1. The van der Waals surface area contributed by atoms with Crippen molar-refractivity contribution >= 4 is 11.7 Å². The quantitative estimate of drug-likeness (QED) is 0.771. The van der Waals surface area contributed by atoms with Gasteiger partial charge in [0.05, 0.1) is 19.7 Å². The van der Waals surface area contributed by atoms with E-state index in [2.05, 4.69) is 0 Å². The van der Waals surface area contributed by atoms with E-state index >= 15 is 0 Å². The molecule has 1 fully saturated rings. The van der Waals surface area contributed by atoms with Crippen LogP contribution in [0.2, 0.25) is 0 Å². The van der Waals surface area contributed by atoms with Gasteiger partial charge in [-0.05, 0) is 31.2 Å². The third-order valence-corrected chi connectivity index (χ3v) is 3.79. The Bertz CT molecular complexity index is 498. The zero-order chi connectivity index (χ0) is 14.7. The van der Waals surface area contributed by atoms with E-state index in [1.165, 1.54) is 0 Å². The minimum atomic E-state index is -0.291. The van der Waals surface area contributed by atoms with Gasteiger partial charge in [-0.25, -0.2) is 0 Å². The summed E-state index contributed by atoms with van der Waals surface area (Å²) < 4.78 is 5.08. The molecule has 1 aromatic carbocycles. The molecule has 0 bridgehead atoms. The Morgan fingerprint density at radius 1 is 1.25 bits per heavy atom. The summed E-state index contributed by atoms with van der Waals surface area (Å²) in [4.78, 5) is 27.8. The van der Waals surface area contributed by atoms with Gasteiger partial charge in [-0.3, -0.25) is 14.5 Å². The van der Waals surface area contributed by atoms with Crippen LogP contribution in [0.25, 0.3) is 0 Å². The van der Waals surface area contributed by atoms with E-state index in [1.807, 2.05) is 11.8 Å². The fourth-order valence-electron chi connectivity index (χ4n) is 2.27. The van der Waals surface area contributed by atoms with Crippen molar-refractivity contribution in [3.8, 4) is 5.75 Å². The lowest BCUT2D eigenvalue weighted by Crippen LogP contribution is -2.53. The molecule has 1 unspecified atom stereocenters. The van der Waals surface area contributed by atoms with Crippen LogP contribution in [0.4, 0.5) is 0 Å². The van der Waals surface area contributed by atoms with Crippen molar-refractivity contribution in [3.63, 3.8) is 0 Å².